The van der Waals surface area contributed by atoms with Gasteiger partial charge in [0.1, 0.15) is 0 Å². The highest BCUT2D eigenvalue weighted by atomic mass is 15.2. The summed E-state index contributed by atoms with van der Waals surface area (Å²) in [4.78, 5) is 5.33. The number of nitrogens with one attached hydrogen (secondary N) is 1. The lowest BCUT2D eigenvalue weighted by atomic mass is 9.90. The van der Waals surface area contributed by atoms with Crippen molar-refractivity contribution in [2.24, 2.45) is 0 Å². The van der Waals surface area contributed by atoms with Crippen molar-refractivity contribution < 1.29 is 0 Å². The van der Waals surface area contributed by atoms with Gasteiger partial charge in [-0.05, 0) is 71.6 Å². The van der Waals surface area contributed by atoms with Crippen LogP contribution in [0.25, 0.3) is 0 Å². The van der Waals surface area contributed by atoms with Crippen LogP contribution >= 0.6 is 0 Å². The molecule has 2 aliphatic rings. The molecule has 0 radical (unpaired) electrons. The molecule has 0 aromatic rings. The minimum atomic E-state index is 0.790. The molecule has 1 aliphatic heterocycles. The normalized spacial score (nSPS) is 32.1. The van der Waals surface area contributed by atoms with Gasteiger partial charge in [0, 0.05) is 24.7 Å². The van der Waals surface area contributed by atoms with Gasteiger partial charge in [0.25, 0.3) is 0 Å². The largest absolute Gasteiger partial charge is 0.314 e. The topological polar surface area (TPSA) is 18.5 Å². The number of hydrogen-bond donors (Lipinski definition) is 1. The molecular weight excluding hydrogens is 246 g/mol. The van der Waals surface area contributed by atoms with Gasteiger partial charge < -0.3 is 10.2 Å². The van der Waals surface area contributed by atoms with E-state index in [2.05, 4.69) is 36.0 Å². The summed E-state index contributed by atoms with van der Waals surface area (Å²) < 4.78 is 0. The molecule has 0 aromatic heterocycles. The molecule has 1 unspecified atom stereocenters. The van der Waals surface area contributed by atoms with E-state index in [1.807, 2.05) is 0 Å². The van der Waals surface area contributed by atoms with E-state index in [0.29, 0.717) is 0 Å². The van der Waals surface area contributed by atoms with Crippen LogP contribution in [0.5, 0.6) is 0 Å². The molecule has 0 bridgehead atoms. The van der Waals surface area contributed by atoms with Gasteiger partial charge in [-0.2, -0.15) is 0 Å². The van der Waals surface area contributed by atoms with Gasteiger partial charge in [-0.15, -0.1) is 0 Å². The Morgan fingerprint density at radius 2 is 1.85 bits per heavy atom. The fraction of sp³-hybridized carbons (Fsp3) is 1.00. The van der Waals surface area contributed by atoms with Crippen molar-refractivity contribution in [3.05, 3.63) is 0 Å². The molecule has 2 fully saturated rings. The lowest BCUT2D eigenvalue weighted by Crippen LogP contribution is -2.46. The summed E-state index contributed by atoms with van der Waals surface area (Å²) in [5, 5.41) is 3.69. The maximum atomic E-state index is 3.69. The zero-order valence-electron chi connectivity index (χ0n) is 13.9. The molecule has 1 N–H and O–H groups in total. The molecule has 0 amide bonds. The Morgan fingerprint density at radius 3 is 2.50 bits per heavy atom. The van der Waals surface area contributed by atoms with Gasteiger partial charge in [-0.3, -0.25) is 4.90 Å². The Balaban J connectivity index is 1.70. The lowest BCUT2D eigenvalue weighted by Gasteiger charge is -2.37. The SMILES string of the molecule is CCCNC1CCC(N(C)CC2CCCN2CC)CC1. The first kappa shape index (κ1) is 16.3. The third kappa shape index (κ3) is 4.44. The molecule has 3 nitrogen and oxygen atoms in total. The van der Waals surface area contributed by atoms with Gasteiger partial charge in [0.05, 0.1) is 0 Å². The molecule has 2 rings (SSSR count). The molecule has 3 heteroatoms. The van der Waals surface area contributed by atoms with E-state index in [4.69, 9.17) is 0 Å². The van der Waals surface area contributed by atoms with Gasteiger partial charge in [-0.25, -0.2) is 0 Å². The van der Waals surface area contributed by atoms with Crippen molar-refractivity contribution in [3.63, 3.8) is 0 Å². The van der Waals surface area contributed by atoms with Crippen LogP contribution < -0.4 is 5.32 Å². The van der Waals surface area contributed by atoms with Crippen LogP contribution in [0, 0.1) is 0 Å². The minimum Gasteiger partial charge on any atom is -0.314 e. The molecule has 0 aromatic carbocycles. The number of likely N-dealkylation sites (N-methyl/N-ethyl adjacent to an activating group) is 2. The van der Waals surface area contributed by atoms with E-state index >= 15 is 0 Å². The summed E-state index contributed by atoms with van der Waals surface area (Å²) in [6, 6.07) is 2.44. The monoisotopic (exact) mass is 281 g/mol. The van der Waals surface area contributed by atoms with Crippen molar-refractivity contribution in [2.45, 2.75) is 76.9 Å². The van der Waals surface area contributed by atoms with Crippen molar-refractivity contribution in [2.75, 3.05) is 33.2 Å². The Hall–Kier alpha value is -0.120. The molecule has 1 heterocycles. The van der Waals surface area contributed by atoms with Crippen molar-refractivity contribution >= 4 is 0 Å². The van der Waals surface area contributed by atoms with E-state index in [-0.39, 0.29) is 0 Å². The Kier molecular flexibility index (Phi) is 6.79. The van der Waals surface area contributed by atoms with E-state index in [1.165, 1.54) is 71.1 Å². The highest BCUT2D eigenvalue weighted by Gasteiger charge is 2.28. The number of likely N-dealkylation sites (tertiary alicyclic amines) is 1. The van der Waals surface area contributed by atoms with E-state index in [0.717, 1.165) is 18.1 Å². The second-order valence-corrected chi connectivity index (χ2v) is 6.82. The maximum absolute atomic E-state index is 3.69. The fourth-order valence-electron chi connectivity index (χ4n) is 4.07. The number of hydrogen-bond acceptors (Lipinski definition) is 3. The van der Waals surface area contributed by atoms with Gasteiger partial charge >= 0.3 is 0 Å². The van der Waals surface area contributed by atoms with Gasteiger partial charge in [0.15, 0.2) is 0 Å². The molecule has 1 atom stereocenters. The van der Waals surface area contributed by atoms with Crippen LogP contribution in [0.1, 0.15) is 58.8 Å². The smallest absolute Gasteiger partial charge is 0.0223 e. The average molecular weight is 281 g/mol. The minimum absolute atomic E-state index is 0.790. The van der Waals surface area contributed by atoms with E-state index in [9.17, 15) is 0 Å². The highest BCUT2D eigenvalue weighted by Crippen LogP contribution is 2.24. The standard InChI is InChI=1S/C17H35N3/c1-4-12-18-15-8-10-16(11-9-15)19(3)14-17-7-6-13-20(17)5-2/h15-18H,4-14H2,1-3H3. The molecule has 1 saturated heterocycles. The van der Waals surface area contributed by atoms with Crippen LogP contribution in [0.4, 0.5) is 0 Å². The highest BCUT2D eigenvalue weighted by molar-refractivity contribution is 4.86. The summed E-state index contributed by atoms with van der Waals surface area (Å²) >= 11 is 0. The summed E-state index contributed by atoms with van der Waals surface area (Å²) in [6.07, 6.45) is 9.59. The Labute approximate surface area is 126 Å². The zero-order chi connectivity index (χ0) is 14.4. The van der Waals surface area contributed by atoms with Crippen LogP contribution in [0.15, 0.2) is 0 Å². The average Bonchev–Trinajstić information content (AvgIpc) is 2.92. The summed E-state index contributed by atoms with van der Waals surface area (Å²) in [5.74, 6) is 0. The predicted molar refractivity (Wildman–Crippen MR) is 87.2 cm³/mol. The quantitative estimate of drug-likeness (QED) is 0.774. The molecule has 20 heavy (non-hydrogen) atoms. The molecule has 118 valence electrons. The van der Waals surface area contributed by atoms with Crippen LogP contribution in [0.3, 0.4) is 0 Å². The molecule has 0 spiro atoms. The maximum Gasteiger partial charge on any atom is 0.0223 e. The second-order valence-electron chi connectivity index (χ2n) is 6.82. The van der Waals surface area contributed by atoms with E-state index < -0.39 is 0 Å². The van der Waals surface area contributed by atoms with E-state index in [1.54, 1.807) is 0 Å². The third-order valence-corrected chi connectivity index (χ3v) is 5.41. The molecular formula is C17H35N3. The zero-order valence-corrected chi connectivity index (χ0v) is 13.9. The first-order valence-electron chi connectivity index (χ1n) is 8.92. The Bertz CT molecular complexity index is 261. The molecule has 1 saturated carbocycles. The van der Waals surface area contributed by atoms with Crippen LogP contribution in [-0.4, -0.2) is 61.2 Å². The Morgan fingerprint density at radius 1 is 1.10 bits per heavy atom. The van der Waals surface area contributed by atoms with Crippen molar-refractivity contribution in [1.82, 2.24) is 15.1 Å². The first-order chi connectivity index (χ1) is 9.74. The summed E-state index contributed by atoms with van der Waals surface area (Å²) in [5.41, 5.74) is 0. The van der Waals surface area contributed by atoms with Crippen LogP contribution in [0.2, 0.25) is 0 Å². The first-order valence-corrected chi connectivity index (χ1v) is 8.92. The second kappa shape index (κ2) is 8.35. The lowest BCUT2D eigenvalue weighted by molar-refractivity contribution is 0.131. The van der Waals surface area contributed by atoms with Gasteiger partial charge in [0.2, 0.25) is 0 Å². The van der Waals surface area contributed by atoms with Gasteiger partial charge in [-0.1, -0.05) is 13.8 Å². The van der Waals surface area contributed by atoms with Crippen molar-refractivity contribution in [3.8, 4) is 0 Å². The van der Waals surface area contributed by atoms with Crippen LogP contribution in [-0.2, 0) is 0 Å². The summed E-state index contributed by atoms with van der Waals surface area (Å²) in [7, 11) is 2.36. The number of nitrogens with zero attached hydrogens (tertiary/aromatic N) is 2. The molecule has 1 aliphatic carbocycles. The number of rotatable bonds is 7. The fourth-order valence-corrected chi connectivity index (χ4v) is 4.07. The predicted octanol–water partition coefficient (Wildman–Crippen LogP) is 2.71. The third-order valence-electron chi connectivity index (χ3n) is 5.41. The summed E-state index contributed by atoms with van der Waals surface area (Å²) in [6.45, 7) is 9.59. The van der Waals surface area contributed by atoms with Crippen molar-refractivity contribution in [1.29, 1.82) is 0 Å².